The lowest BCUT2D eigenvalue weighted by molar-refractivity contribution is 0.314. The molecule has 1 rings (SSSR count). The average molecular weight is 142 g/mol. The first kappa shape index (κ1) is 7.47. The summed E-state index contributed by atoms with van der Waals surface area (Å²) in [6, 6.07) is 0.576. The topological polar surface area (TPSA) is 54.0 Å². The maximum Gasteiger partial charge on any atom is 0.0775 e. The molecule has 0 aromatic heterocycles. The van der Waals surface area contributed by atoms with E-state index in [1.165, 1.54) is 19.4 Å². The van der Waals surface area contributed by atoms with Crippen LogP contribution in [0.3, 0.4) is 0 Å². The summed E-state index contributed by atoms with van der Waals surface area (Å²) >= 11 is 0. The van der Waals surface area contributed by atoms with Crippen LogP contribution in [0, 0.1) is 0 Å². The maximum atomic E-state index is 4.89. The Kier molecular flexibility index (Phi) is 2.62. The van der Waals surface area contributed by atoms with Crippen LogP contribution in [0.1, 0.15) is 12.8 Å². The molecule has 1 fully saturated rings. The van der Waals surface area contributed by atoms with Gasteiger partial charge in [-0.1, -0.05) is 5.22 Å². The van der Waals surface area contributed by atoms with E-state index in [0.717, 1.165) is 6.54 Å². The molecule has 1 unspecified atom stereocenters. The summed E-state index contributed by atoms with van der Waals surface area (Å²) < 4.78 is 0. The van der Waals surface area contributed by atoms with Crippen LogP contribution in [0.25, 0.3) is 0 Å². The molecule has 0 aromatic carbocycles. The Labute approximate surface area is 61.1 Å². The third-order valence-electron chi connectivity index (χ3n) is 2.05. The minimum atomic E-state index is 0.576. The van der Waals surface area contributed by atoms with Crippen molar-refractivity contribution in [2.75, 3.05) is 20.1 Å². The van der Waals surface area contributed by atoms with Gasteiger partial charge in [0.1, 0.15) is 0 Å². The van der Waals surface area contributed by atoms with E-state index in [4.69, 9.17) is 5.84 Å². The van der Waals surface area contributed by atoms with Crippen molar-refractivity contribution >= 4 is 0 Å². The number of nitrogens with zero attached hydrogens (tertiary/aromatic N) is 3. The van der Waals surface area contributed by atoms with Gasteiger partial charge in [-0.2, -0.15) is 5.11 Å². The fourth-order valence-corrected chi connectivity index (χ4v) is 1.35. The Balaban J connectivity index is 2.26. The van der Waals surface area contributed by atoms with Crippen molar-refractivity contribution in [2.24, 2.45) is 16.2 Å². The first-order valence-corrected chi connectivity index (χ1v) is 3.61. The summed E-state index contributed by atoms with van der Waals surface area (Å²) in [5.74, 6) is 4.89. The molecule has 1 aliphatic heterocycles. The molecule has 1 aliphatic rings. The summed E-state index contributed by atoms with van der Waals surface area (Å²) in [5.41, 5.74) is 0. The number of likely N-dealkylation sites (N-methyl/N-ethyl adjacent to an activating group) is 1. The van der Waals surface area contributed by atoms with Crippen molar-refractivity contribution in [1.82, 2.24) is 4.90 Å². The van der Waals surface area contributed by atoms with Gasteiger partial charge in [-0.05, 0) is 26.4 Å². The van der Waals surface area contributed by atoms with Gasteiger partial charge in [-0.3, -0.25) is 0 Å². The van der Waals surface area contributed by atoms with Crippen LogP contribution >= 0.6 is 0 Å². The second kappa shape index (κ2) is 3.51. The van der Waals surface area contributed by atoms with Gasteiger partial charge in [0.25, 0.3) is 0 Å². The van der Waals surface area contributed by atoms with Crippen molar-refractivity contribution in [2.45, 2.75) is 18.9 Å². The van der Waals surface area contributed by atoms with Gasteiger partial charge in [0.15, 0.2) is 0 Å². The Morgan fingerprint density at radius 2 is 2.50 bits per heavy atom. The lowest BCUT2D eigenvalue weighted by Gasteiger charge is -2.15. The number of likely N-dealkylation sites (tertiary alicyclic amines) is 1. The maximum absolute atomic E-state index is 4.89. The highest BCUT2D eigenvalue weighted by atomic mass is 15.3. The van der Waals surface area contributed by atoms with Gasteiger partial charge < -0.3 is 10.7 Å². The zero-order valence-corrected chi connectivity index (χ0v) is 6.32. The lowest BCUT2D eigenvalue weighted by Crippen LogP contribution is -2.27. The van der Waals surface area contributed by atoms with Gasteiger partial charge in [0, 0.05) is 6.04 Å². The van der Waals surface area contributed by atoms with E-state index in [9.17, 15) is 0 Å². The van der Waals surface area contributed by atoms with Crippen molar-refractivity contribution < 1.29 is 0 Å². The number of nitrogens with two attached hydrogens (primary N) is 1. The molecule has 10 heavy (non-hydrogen) atoms. The highest BCUT2D eigenvalue weighted by molar-refractivity contribution is 4.77. The molecular weight excluding hydrogens is 128 g/mol. The average Bonchev–Trinajstić information content (AvgIpc) is 2.31. The predicted octanol–water partition coefficient (Wildman–Crippen LogP) is 0.406. The lowest BCUT2D eigenvalue weighted by atomic mass is 10.2. The molecule has 0 bridgehead atoms. The van der Waals surface area contributed by atoms with E-state index in [1.54, 1.807) is 0 Å². The van der Waals surface area contributed by atoms with E-state index in [2.05, 4.69) is 22.3 Å². The Morgan fingerprint density at radius 1 is 1.70 bits per heavy atom. The first-order valence-electron chi connectivity index (χ1n) is 3.61. The summed E-state index contributed by atoms with van der Waals surface area (Å²) in [5, 5.41) is 7.00. The first-order chi connectivity index (χ1) is 4.84. The van der Waals surface area contributed by atoms with Crippen LogP contribution < -0.4 is 5.84 Å². The molecule has 0 spiro atoms. The minimum Gasteiger partial charge on any atom is -0.305 e. The van der Waals surface area contributed by atoms with Crippen molar-refractivity contribution in [3.63, 3.8) is 0 Å². The van der Waals surface area contributed by atoms with Crippen molar-refractivity contribution in [1.29, 1.82) is 0 Å². The second-order valence-electron chi connectivity index (χ2n) is 2.72. The smallest absolute Gasteiger partial charge is 0.0775 e. The van der Waals surface area contributed by atoms with Crippen LogP contribution in [0.4, 0.5) is 0 Å². The van der Waals surface area contributed by atoms with E-state index in [1.807, 2.05) is 0 Å². The normalized spacial score (nSPS) is 28.3. The molecule has 0 amide bonds. The summed E-state index contributed by atoms with van der Waals surface area (Å²) in [7, 11) is 2.11. The largest absolute Gasteiger partial charge is 0.305 e. The number of rotatable bonds is 2. The Morgan fingerprint density at radius 3 is 3.00 bits per heavy atom. The molecule has 58 valence electrons. The van der Waals surface area contributed by atoms with Crippen molar-refractivity contribution in [3.8, 4) is 0 Å². The Hall–Kier alpha value is -0.640. The molecule has 2 N–H and O–H groups in total. The third kappa shape index (κ3) is 1.67. The van der Waals surface area contributed by atoms with Crippen LogP contribution in [0.2, 0.25) is 0 Å². The predicted molar refractivity (Wildman–Crippen MR) is 39.6 cm³/mol. The van der Waals surface area contributed by atoms with Gasteiger partial charge in [-0.15, -0.1) is 0 Å². The highest BCUT2D eigenvalue weighted by Gasteiger charge is 2.19. The van der Waals surface area contributed by atoms with E-state index in [-0.39, 0.29) is 0 Å². The third-order valence-corrected chi connectivity index (χ3v) is 2.05. The van der Waals surface area contributed by atoms with Crippen LogP contribution in [0.15, 0.2) is 10.3 Å². The van der Waals surface area contributed by atoms with E-state index in [0.29, 0.717) is 6.04 Å². The van der Waals surface area contributed by atoms with Gasteiger partial charge in [0.2, 0.25) is 0 Å². The molecule has 1 saturated heterocycles. The zero-order chi connectivity index (χ0) is 7.40. The standard InChI is InChI=1S/C6H14N4/c1-10-4-2-3-6(10)5-8-9-7/h6H,2-5H2,1H3,(H2,7,8). The molecule has 0 aliphatic carbocycles. The van der Waals surface area contributed by atoms with Crippen LogP contribution in [-0.2, 0) is 0 Å². The molecule has 4 heteroatoms. The highest BCUT2D eigenvalue weighted by Crippen LogP contribution is 2.14. The van der Waals surface area contributed by atoms with Gasteiger partial charge in [0.05, 0.1) is 6.54 Å². The zero-order valence-electron chi connectivity index (χ0n) is 6.32. The fraction of sp³-hybridized carbons (Fsp3) is 1.00. The SMILES string of the molecule is CN1CCCC1CN=NN. The summed E-state index contributed by atoms with van der Waals surface area (Å²) in [6.07, 6.45) is 2.51. The molecule has 1 heterocycles. The Bertz CT molecular complexity index is 123. The van der Waals surface area contributed by atoms with Gasteiger partial charge >= 0.3 is 0 Å². The minimum absolute atomic E-state index is 0.576. The molecule has 0 radical (unpaired) electrons. The van der Waals surface area contributed by atoms with Crippen LogP contribution in [0.5, 0.6) is 0 Å². The van der Waals surface area contributed by atoms with Crippen molar-refractivity contribution in [3.05, 3.63) is 0 Å². The number of hydrogen-bond acceptors (Lipinski definition) is 3. The number of hydrogen-bond donors (Lipinski definition) is 1. The van der Waals surface area contributed by atoms with E-state index >= 15 is 0 Å². The molecular formula is C6H14N4. The molecule has 1 atom stereocenters. The molecule has 0 aromatic rings. The molecule has 0 saturated carbocycles. The van der Waals surface area contributed by atoms with Crippen LogP contribution in [-0.4, -0.2) is 31.1 Å². The fourth-order valence-electron chi connectivity index (χ4n) is 1.35. The summed E-state index contributed by atoms with van der Waals surface area (Å²) in [4.78, 5) is 2.30. The molecule has 4 nitrogen and oxygen atoms in total. The van der Waals surface area contributed by atoms with Gasteiger partial charge in [-0.25, -0.2) is 0 Å². The quantitative estimate of drug-likeness (QED) is 0.345. The second-order valence-corrected chi connectivity index (χ2v) is 2.72. The summed E-state index contributed by atoms with van der Waals surface area (Å²) in [6.45, 7) is 1.94. The van der Waals surface area contributed by atoms with E-state index < -0.39 is 0 Å². The monoisotopic (exact) mass is 142 g/mol.